The van der Waals surface area contributed by atoms with Crippen LogP contribution in [0.5, 0.6) is 0 Å². The first-order valence-electron chi connectivity index (χ1n) is 20.7. The van der Waals surface area contributed by atoms with Gasteiger partial charge in [0.25, 0.3) is 0 Å². The molecule has 5 aromatic carbocycles. The second kappa shape index (κ2) is 15.0. The Hall–Kier alpha value is -7.17. The average molecular weight is 760 g/mol. The molecule has 3 aliphatic rings. The van der Waals surface area contributed by atoms with Crippen LogP contribution >= 0.6 is 0 Å². The van der Waals surface area contributed by atoms with Crippen LogP contribution in [0.2, 0.25) is 0 Å². The minimum Gasteiger partial charge on any atom is -0.455 e. The summed E-state index contributed by atoms with van der Waals surface area (Å²) in [7, 11) is 0. The maximum Gasteiger partial charge on any atom is 0.160 e. The monoisotopic (exact) mass is 759 g/mol. The van der Waals surface area contributed by atoms with Gasteiger partial charge in [0.05, 0.1) is 28.2 Å². The van der Waals surface area contributed by atoms with E-state index in [0.717, 1.165) is 104 Å². The van der Waals surface area contributed by atoms with E-state index in [1.54, 1.807) is 0 Å². The Kier molecular flexibility index (Phi) is 8.89. The van der Waals surface area contributed by atoms with Crippen LogP contribution in [-0.4, -0.2) is 15.0 Å². The molecule has 2 atom stereocenters. The third kappa shape index (κ3) is 6.57. The van der Waals surface area contributed by atoms with Gasteiger partial charge in [-0.05, 0) is 65.7 Å². The zero-order valence-electron chi connectivity index (χ0n) is 32.6. The zero-order valence-corrected chi connectivity index (χ0v) is 32.6. The molecule has 2 unspecified atom stereocenters. The molecule has 0 aliphatic heterocycles. The van der Waals surface area contributed by atoms with E-state index in [9.17, 15) is 0 Å². The number of hydrogen-bond donors (Lipinski definition) is 0. The molecule has 0 saturated carbocycles. The number of hydrogen-bond acceptors (Lipinski definition) is 4. The van der Waals surface area contributed by atoms with Crippen LogP contribution in [0.3, 0.4) is 0 Å². The Morgan fingerprint density at radius 1 is 0.525 bits per heavy atom. The third-order valence-corrected chi connectivity index (χ3v) is 12.1. The standard InChI is InChI=1S/C55H41N3O/c1-4-13-36(14-5-1)38-23-29-41(30-24-38)48-35-49(58-55(57-48)44-33-25-39(26-34-44)37-15-6-2-7-16-37)42-31-27-40(28-32-42)45-20-12-21-47-51(45)54-52(46-19-10-11-22-50(46)59-54)53(56-47)43-17-8-3-9-18-43/h1-11,13-20,22-25,27,29-35,39-40H,12,21,26,28H2. The quantitative estimate of drug-likeness (QED) is 0.162. The molecule has 59 heavy (non-hydrogen) atoms. The van der Waals surface area contributed by atoms with Crippen LogP contribution in [0, 0.1) is 5.92 Å². The smallest absolute Gasteiger partial charge is 0.160 e. The van der Waals surface area contributed by atoms with Crippen molar-refractivity contribution in [1.82, 2.24) is 15.0 Å². The first-order chi connectivity index (χ1) is 29.2. The van der Waals surface area contributed by atoms with Gasteiger partial charge < -0.3 is 4.42 Å². The van der Waals surface area contributed by atoms with Crippen LogP contribution in [0.4, 0.5) is 0 Å². The Labute approximate surface area is 344 Å². The molecule has 0 N–H and O–H groups in total. The third-order valence-electron chi connectivity index (χ3n) is 12.1. The summed E-state index contributed by atoms with van der Waals surface area (Å²) in [4.78, 5) is 15.9. The van der Waals surface area contributed by atoms with E-state index in [4.69, 9.17) is 19.4 Å². The molecule has 0 saturated heterocycles. The number of fused-ring (bicyclic) bond motifs is 5. The molecule has 282 valence electrons. The fourth-order valence-electron chi connectivity index (χ4n) is 9.03. The summed E-state index contributed by atoms with van der Waals surface area (Å²) in [6, 6.07) is 51.0. The van der Waals surface area contributed by atoms with Crippen LogP contribution in [0.25, 0.3) is 72.3 Å². The van der Waals surface area contributed by atoms with Gasteiger partial charge in [0.1, 0.15) is 11.2 Å². The van der Waals surface area contributed by atoms with Crippen molar-refractivity contribution < 1.29 is 4.42 Å². The molecule has 0 fully saturated rings. The Bertz CT molecular complexity index is 3020. The van der Waals surface area contributed by atoms with E-state index in [2.05, 4.69) is 182 Å². The highest BCUT2D eigenvalue weighted by Crippen LogP contribution is 2.46. The minimum atomic E-state index is 0.184. The van der Waals surface area contributed by atoms with E-state index < -0.39 is 0 Å². The van der Waals surface area contributed by atoms with Crippen LogP contribution < -0.4 is 0 Å². The highest BCUT2D eigenvalue weighted by molar-refractivity contribution is 6.14. The zero-order chi connectivity index (χ0) is 39.1. The summed E-state index contributed by atoms with van der Waals surface area (Å²) in [6.07, 6.45) is 19.8. The minimum absolute atomic E-state index is 0.184. The number of aromatic nitrogens is 3. The Morgan fingerprint density at radius 2 is 1.15 bits per heavy atom. The van der Waals surface area contributed by atoms with E-state index in [1.807, 2.05) is 6.07 Å². The van der Waals surface area contributed by atoms with E-state index in [-0.39, 0.29) is 5.92 Å². The largest absolute Gasteiger partial charge is 0.455 e. The number of rotatable bonds is 7. The fourth-order valence-corrected chi connectivity index (χ4v) is 9.03. The number of allylic oxidation sites excluding steroid dienone is 10. The van der Waals surface area contributed by atoms with Gasteiger partial charge in [-0.2, -0.15) is 0 Å². The van der Waals surface area contributed by atoms with Crippen LogP contribution in [-0.2, 0) is 6.42 Å². The molecule has 4 heteroatoms. The van der Waals surface area contributed by atoms with Crippen molar-refractivity contribution in [3.63, 3.8) is 0 Å². The summed E-state index contributed by atoms with van der Waals surface area (Å²) >= 11 is 0. The van der Waals surface area contributed by atoms with Crippen molar-refractivity contribution in [2.45, 2.75) is 31.6 Å². The first-order valence-corrected chi connectivity index (χ1v) is 20.7. The van der Waals surface area contributed by atoms with Crippen molar-refractivity contribution in [2.75, 3.05) is 0 Å². The topological polar surface area (TPSA) is 51.8 Å². The number of benzene rings is 5. The molecule has 0 radical (unpaired) electrons. The summed E-state index contributed by atoms with van der Waals surface area (Å²) < 4.78 is 6.77. The van der Waals surface area contributed by atoms with E-state index in [0.29, 0.717) is 5.92 Å². The lowest BCUT2D eigenvalue weighted by molar-refractivity contribution is 0.663. The second-order valence-corrected chi connectivity index (χ2v) is 15.7. The normalized spacial score (nSPS) is 17.4. The van der Waals surface area contributed by atoms with Gasteiger partial charge >= 0.3 is 0 Å². The van der Waals surface area contributed by atoms with Crippen molar-refractivity contribution in [3.05, 3.63) is 216 Å². The molecule has 4 nitrogen and oxygen atoms in total. The molecule has 3 heterocycles. The summed E-state index contributed by atoms with van der Waals surface area (Å²) in [6.45, 7) is 0. The lowest BCUT2D eigenvalue weighted by atomic mass is 9.80. The molecule has 11 rings (SSSR count). The summed E-state index contributed by atoms with van der Waals surface area (Å²) in [5.41, 5.74) is 16.3. The van der Waals surface area contributed by atoms with Gasteiger partial charge in [-0.25, -0.2) is 9.97 Å². The van der Waals surface area contributed by atoms with E-state index in [1.165, 1.54) is 22.3 Å². The van der Waals surface area contributed by atoms with Gasteiger partial charge in [-0.15, -0.1) is 0 Å². The first kappa shape index (κ1) is 35.0. The number of nitrogens with zero attached hydrogens (tertiary/aromatic N) is 3. The molecule has 0 bridgehead atoms. The van der Waals surface area contributed by atoms with Gasteiger partial charge in [0.2, 0.25) is 0 Å². The Morgan fingerprint density at radius 3 is 1.90 bits per heavy atom. The SMILES string of the molecule is C1=CC(C2=CCCc3nc(-c4ccccc4)c4c(oc5ccccc54)c32)CC=C1c1cc(-c2ccc(-c3ccccc3)cc2)nc(C2=CCC(c3ccccc3)C=C2)n1. The predicted octanol–water partition coefficient (Wildman–Crippen LogP) is 13.9. The maximum atomic E-state index is 6.77. The highest BCUT2D eigenvalue weighted by atomic mass is 16.3. The molecule has 0 spiro atoms. The lowest BCUT2D eigenvalue weighted by Gasteiger charge is -2.25. The highest BCUT2D eigenvalue weighted by Gasteiger charge is 2.29. The average Bonchev–Trinajstić information content (AvgIpc) is 3.72. The van der Waals surface area contributed by atoms with Crippen molar-refractivity contribution in [1.29, 1.82) is 0 Å². The summed E-state index contributed by atoms with van der Waals surface area (Å²) in [5.74, 6) is 1.28. The van der Waals surface area contributed by atoms with Crippen molar-refractivity contribution >= 4 is 38.7 Å². The lowest BCUT2D eigenvalue weighted by Crippen LogP contribution is -2.11. The molecular formula is C55H41N3O. The predicted molar refractivity (Wildman–Crippen MR) is 242 cm³/mol. The molecule has 3 aliphatic carbocycles. The van der Waals surface area contributed by atoms with E-state index >= 15 is 0 Å². The number of aryl methyl sites for hydroxylation is 1. The fraction of sp³-hybridized carbons (Fsp3) is 0.109. The van der Waals surface area contributed by atoms with Crippen molar-refractivity contribution in [3.8, 4) is 33.6 Å². The van der Waals surface area contributed by atoms with Gasteiger partial charge in [0, 0.05) is 39.5 Å². The molecule has 0 amide bonds. The number of para-hydroxylation sites is 1. The van der Waals surface area contributed by atoms with Crippen LogP contribution in [0.1, 0.15) is 53.5 Å². The van der Waals surface area contributed by atoms with Gasteiger partial charge in [-0.1, -0.05) is 176 Å². The van der Waals surface area contributed by atoms with Gasteiger partial charge in [-0.3, -0.25) is 4.98 Å². The number of furan rings is 1. The second-order valence-electron chi connectivity index (χ2n) is 15.7. The molecular weight excluding hydrogens is 719 g/mol. The maximum absolute atomic E-state index is 6.77. The molecule has 8 aromatic rings. The van der Waals surface area contributed by atoms with Crippen LogP contribution in [0.15, 0.2) is 193 Å². The molecule has 3 aromatic heterocycles. The van der Waals surface area contributed by atoms with Crippen molar-refractivity contribution in [2.24, 2.45) is 5.92 Å². The summed E-state index contributed by atoms with van der Waals surface area (Å²) in [5, 5.41) is 2.19. The number of pyridine rings is 1. The van der Waals surface area contributed by atoms with Gasteiger partial charge in [0.15, 0.2) is 5.82 Å². The Balaban J connectivity index is 0.945.